The summed E-state index contributed by atoms with van der Waals surface area (Å²) in [5.74, 6) is 0. The number of thiophene rings is 1. The third-order valence-corrected chi connectivity index (χ3v) is 5.22. The molecule has 152 valence electrons. The summed E-state index contributed by atoms with van der Waals surface area (Å²) >= 11 is 1.67. The van der Waals surface area contributed by atoms with Crippen molar-refractivity contribution in [3.63, 3.8) is 0 Å². The van der Waals surface area contributed by atoms with Crippen LogP contribution in [0, 0.1) is 0 Å². The fourth-order valence-corrected chi connectivity index (χ4v) is 3.93. The molecule has 1 fully saturated rings. The number of ether oxygens (including phenoxy) is 2. The van der Waals surface area contributed by atoms with Crippen LogP contribution in [0.4, 0.5) is 9.59 Å². The van der Waals surface area contributed by atoms with Crippen molar-refractivity contribution in [1.29, 1.82) is 0 Å². The van der Waals surface area contributed by atoms with Crippen LogP contribution in [0.2, 0.25) is 0 Å². The van der Waals surface area contributed by atoms with Crippen molar-refractivity contribution < 1.29 is 19.1 Å². The van der Waals surface area contributed by atoms with Gasteiger partial charge in [0, 0.05) is 4.70 Å². The van der Waals surface area contributed by atoms with Gasteiger partial charge in [0.15, 0.2) is 0 Å². The number of rotatable bonds is 2. The normalized spacial score (nSPS) is 16.4. The van der Waals surface area contributed by atoms with Crippen molar-refractivity contribution >= 4 is 33.6 Å². The van der Waals surface area contributed by atoms with Crippen molar-refractivity contribution in [2.75, 3.05) is 13.1 Å². The van der Waals surface area contributed by atoms with E-state index in [0.717, 1.165) is 10.9 Å². The van der Waals surface area contributed by atoms with E-state index in [4.69, 9.17) is 9.47 Å². The molecule has 7 heteroatoms. The maximum Gasteiger partial charge on any atom is 0.410 e. The Morgan fingerprint density at radius 3 is 2.29 bits per heavy atom. The number of carbonyl (C=O) groups excluding carboxylic acids is 2. The van der Waals surface area contributed by atoms with Gasteiger partial charge >= 0.3 is 12.2 Å². The number of alkyl carbamates (subject to hydrolysis) is 1. The van der Waals surface area contributed by atoms with Crippen LogP contribution < -0.4 is 5.32 Å². The lowest BCUT2D eigenvalue weighted by Crippen LogP contribution is -2.69. The first-order chi connectivity index (χ1) is 12.9. The monoisotopic (exact) mass is 404 g/mol. The molecular formula is C21H28N2O4S. The SMILES string of the molecule is CC(C)(C)OC(=O)NC1(c2ccc3sccc3c2)CN(C(=O)OC(C)(C)C)C1. The smallest absolute Gasteiger partial charge is 0.410 e. The number of likely N-dealkylation sites (tertiary alicyclic amines) is 1. The summed E-state index contributed by atoms with van der Waals surface area (Å²) in [6.07, 6.45) is -0.882. The Labute approximate surface area is 169 Å². The molecule has 2 aromatic rings. The molecule has 1 aliphatic heterocycles. The molecule has 3 rings (SSSR count). The van der Waals surface area contributed by atoms with Crippen LogP contribution in [0.1, 0.15) is 47.1 Å². The highest BCUT2D eigenvalue weighted by Gasteiger charge is 2.49. The Morgan fingerprint density at radius 1 is 1.04 bits per heavy atom. The molecule has 1 N–H and O–H groups in total. The van der Waals surface area contributed by atoms with Gasteiger partial charge in [-0.1, -0.05) is 6.07 Å². The predicted molar refractivity (Wildman–Crippen MR) is 111 cm³/mol. The van der Waals surface area contributed by atoms with Gasteiger partial charge in [-0.25, -0.2) is 9.59 Å². The Morgan fingerprint density at radius 2 is 1.68 bits per heavy atom. The minimum Gasteiger partial charge on any atom is -0.444 e. The largest absolute Gasteiger partial charge is 0.444 e. The maximum absolute atomic E-state index is 12.5. The van der Waals surface area contributed by atoms with E-state index >= 15 is 0 Å². The van der Waals surface area contributed by atoms with Gasteiger partial charge in [0.1, 0.15) is 16.7 Å². The zero-order chi connectivity index (χ0) is 20.7. The Kier molecular flexibility index (Phi) is 5.08. The van der Waals surface area contributed by atoms with Crippen LogP contribution in [0.15, 0.2) is 29.6 Å². The highest BCUT2D eigenvalue weighted by molar-refractivity contribution is 7.17. The maximum atomic E-state index is 12.5. The Bertz CT molecular complexity index is 886. The van der Waals surface area contributed by atoms with Crippen LogP contribution in [0.5, 0.6) is 0 Å². The number of hydrogen-bond donors (Lipinski definition) is 1. The van der Waals surface area contributed by atoms with E-state index in [1.165, 1.54) is 4.70 Å². The highest BCUT2D eigenvalue weighted by Crippen LogP contribution is 2.36. The van der Waals surface area contributed by atoms with Crippen molar-refractivity contribution in [3.05, 3.63) is 35.2 Å². The van der Waals surface area contributed by atoms with E-state index in [2.05, 4.69) is 17.4 Å². The van der Waals surface area contributed by atoms with Crippen LogP contribution >= 0.6 is 11.3 Å². The molecule has 2 amide bonds. The molecule has 0 radical (unpaired) electrons. The average molecular weight is 405 g/mol. The summed E-state index contributed by atoms with van der Waals surface area (Å²) in [6.45, 7) is 11.6. The van der Waals surface area contributed by atoms with Gasteiger partial charge in [0.2, 0.25) is 0 Å². The van der Waals surface area contributed by atoms with Gasteiger partial charge in [-0.05, 0) is 76.1 Å². The zero-order valence-corrected chi connectivity index (χ0v) is 18.1. The van der Waals surface area contributed by atoms with Gasteiger partial charge in [0.05, 0.1) is 13.1 Å². The van der Waals surface area contributed by atoms with Crippen molar-refractivity contribution in [3.8, 4) is 0 Å². The van der Waals surface area contributed by atoms with E-state index in [-0.39, 0.29) is 6.09 Å². The summed E-state index contributed by atoms with van der Waals surface area (Å²) in [5.41, 5.74) is -0.917. The topological polar surface area (TPSA) is 67.9 Å². The number of amides is 2. The first-order valence-electron chi connectivity index (χ1n) is 9.34. The molecule has 1 aromatic carbocycles. The van der Waals surface area contributed by atoms with Crippen LogP contribution in [-0.4, -0.2) is 41.4 Å². The number of nitrogens with zero attached hydrogens (tertiary/aromatic N) is 1. The Hall–Kier alpha value is -2.28. The third kappa shape index (κ3) is 4.58. The molecular weight excluding hydrogens is 376 g/mol. The van der Waals surface area contributed by atoms with E-state index < -0.39 is 22.8 Å². The first-order valence-corrected chi connectivity index (χ1v) is 10.2. The zero-order valence-electron chi connectivity index (χ0n) is 17.3. The number of benzene rings is 1. The fourth-order valence-electron chi connectivity index (χ4n) is 3.16. The lowest BCUT2D eigenvalue weighted by atomic mass is 9.82. The standard InChI is InChI=1S/C21H28N2O4S/c1-19(2,3)26-17(24)22-21(12-23(13-21)18(25)27-20(4,5)6)15-7-8-16-14(11-15)9-10-28-16/h7-11H,12-13H2,1-6H3,(H,22,24). The molecule has 0 atom stereocenters. The first kappa shape index (κ1) is 20.5. The van der Waals surface area contributed by atoms with Crippen molar-refractivity contribution in [2.24, 2.45) is 0 Å². The molecule has 1 aliphatic rings. The Balaban J connectivity index is 1.83. The third-order valence-electron chi connectivity index (χ3n) is 4.32. The predicted octanol–water partition coefficient (Wildman–Crippen LogP) is 4.87. The molecule has 0 saturated carbocycles. The van der Waals surface area contributed by atoms with Gasteiger partial charge in [0.25, 0.3) is 0 Å². The second-order valence-corrected chi connectivity index (χ2v) is 10.2. The van der Waals surface area contributed by atoms with Gasteiger partial charge in [-0.2, -0.15) is 0 Å². The fraction of sp³-hybridized carbons (Fsp3) is 0.524. The summed E-state index contributed by atoms with van der Waals surface area (Å²) in [6, 6.07) is 8.16. The van der Waals surface area contributed by atoms with E-state index in [0.29, 0.717) is 13.1 Å². The molecule has 6 nitrogen and oxygen atoms in total. The molecule has 0 aliphatic carbocycles. The van der Waals surface area contributed by atoms with E-state index in [1.807, 2.05) is 59.1 Å². The summed E-state index contributed by atoms with van der Waals surface area (Å²) < 4.78 is 12.1. The van der Waals surface area contributed by atoms with Crippen LogP contribution in [-0.2, 0) is 15.0 Å². The second kappa shape index (κ2) is 6.95. The quantitative estimate of drug-likeness (QED) is 0.775. The molecule has 1 saturated heterocycles. The van der Waals surface area contributed by atoms with Crippen LogP contribution in [0.3, 0.4) is 0 Å². The average Bonchev–Trinajstić information content (AvgIpc) is 2.94. The highest BCUT2D eigenvalue weighted by atomic mass is 32.1. The van der Waals surface area contributed by atoms with Gasteiger partial charge in [-0.15, -0.1) is 11.3 Å². The second-order valence-electron chi connectivity index (χ2n) is 9.22. The lowest BCUT2D eigenvalue weighted by Gasteiger charge is -2.50. The number of carbonyl (C=O) groups is 2. The summed E-state index contributed by atoms with van der Waals surface area (Å²) in [5, 5.41) is 6.15. The molecule has 0 unspecified atom stereocenters. The van der Waals surface area contributed by atoms with E-state index in [9.17, 15) is 9.59 Å². The van der Waals surface area contributed by atoms with Gasteiger partial charge < -0.3 is 19.7 Å². The number of nitrogens with one attached hydrogen (secondary N) is 1. The lowest BCUT2D eigenvalue weighted by molar-refractivity contribution is -0.0229. The molecule has 0 spiro atoms. The minimum absolute atomic E-state index is 0.330. The van der Waals surface area contributed by atoms with Crippen LogP contribution in [0.25, 0.3) is 10.1 Å². The van der Waals surface area contributed by atoms with E-state index in [1.54, 1.807) is 16.2 Å². The molecule has 0 bridgehead atoms. The van der Waals surface area contributed by atoms with Gasteiger partial charge in [-0.3, -0.25) is 0 Å². The molecule has 1 aromatic heterocycles. The molecule has 28 heavy (non-hydrogen) atoms. The number of fused-ring (bicyclic) bond motifs is 1. The number of hydrogen-bond acceptors (Lipinski definition) is 5. The minimum atomic E-state index is -0.699. The summed E-state index contributed by atoms with van der Waals surface area (Å²) in [4.78, 5) is 26.5. The van der Waals surface area contributed by atoms with Crippen molar-refractivity contribution in [1.82, 2.24) is 10.2 Å². The molecule has 2 heterocycles. The van der Waals surface area contributed by atoms with Crippen molar-refractivity contribution in [2.45, 2.75) is 58.3 Å². The summed E-state index contributed by atoms with van der Waals surface area (Å²) in [7, 11) is 0.